The molecule has 3 heteroatoms. The number of phenolic OH excluding ortho intramolecular Hbond substituents is 1. The lowest BCUT2D eigenvalue weighted by molar-refractivity contribution is -0.131. The van der Waals surface area contributed by atoms with Gasteiger partial charge in [0, 0.05) is 18.2 Å². The summed E-state index contributed by atoms with van der Waals surface area (Å²) in [5.41, 5.74) is 0.687. The Hall–Kier alpha value is -1.51. The first-order valence-corrected chi connectivity index (χ1v) is 5.62. The molecular weight excluding hydrogens is 202 g/mol. The van der Waals surface area contributed by atoms with Crippen LogP contribution in [0.3, 0.4) is 0 Å². The van der Waals surface area contributed by atoms with E-state index in [0.29, 0.717) is 12.1 Å². The van der Waals surface area contributed by atoms with E-state index in [-0.39, 0.29) is 24.1 Å². The molecule has 0 aliphatic carbocycles. The van der Waals surface area contributed by atoms with Gasteiger partial charge in [-0.2, -0.15) is 0 Å². The highest BCUT2D eigenvalue weighted by Crippen LogP contribution is 2.17. The van der Waals surface area contributed by atoms with E-state index >= 15 is 0 Å². The van der Waals surface area contributed by atoms with Crippen LogP contribution in [0, 0.1) is 0 Å². The lowest BCUT2D eigenvalue weighted by Crippen LogP contribution is -2.37. The van der Waals surface area contributed by atoms with Crippen molar-refractivity contribution in [3.63, 3.8) is 0 Å². The third kappa shape index (κ3) is 2.99. The van der Waals surface area contributed by atoms with Gasteiger partial charge in [-0.3, -0.25) is 4.79 Å². The number of phenols is 1. The van der Waals surface area contributed by atoms with Gasteiger partial charge in [-0.1, -0.05) is 18.2 Å². The van der Waals surface area contributed by atoms with Gasteiger partial charge in [-0.05, 0) is 26.8 Å². The number of aromatic hydroxyl groups is 1. The van der Waals surface area contributed by atoms with Gasteiger partial charge in [-0.15, -0.1) is 0 Å². The zero-order valence-corrected chi connectivity index (χ0v) is 10.1. The lowest BCUT2D eigenvalue weighted by Gasteiger charge is -2.25. The Morgan fingerprint density at radius 2 is 2.00 bits per heavy atom. The Balaban J connectivity index is 2.74. The number of rotatable bonds is 4. The van der Waals surface area contributed by atoms with Gasteiger partial charge in [0.25, 0.3) is 0 Å². The molecule has 0 aromatic heterocycles. The predicted molar refractivity (Wildman–Crippen MR) is 64.3 cm³/mol. The van der Waals surface area contributed by atoms with Gasteiger partial charge in [0.1, 0.15) is 5.75 Å². The zero-order chi connectivity index (χ0) is 12.1. The Bertz CT molecular complexity index is 361. The van der Waals surface area contributed by atoms with Gasteiger partial charge in [0.2, 0.25) is 5.91 Å². The number of benzene rings is 1. The van der Waals surface area contributed by atoms with Crippen LogP contribution in [0.15, 0.2) is 24.3 Å². The van der Waals surface area contributed by atoms with Gasteiger partial charge in [-0.25, -0.2) is 0 Å². The van der Waals surface area contributed by atoms with Crippen LogP contribution in [0.5, 0.6) is 5.75 Å². The van der Waals surface area contributed by atoms with E-state index in [2.05, 4.69) is 0 Å². The summed E-state index contributed by atoms with van der Waals surface area (Å²) in [7, 11) is 0. The van der Waals surface area contributed by atoms with Crippen molar-refractivity contribution in [3.05, 3.63) is 29.8 Å². The molecule has 1 rings (SSSR count). The van der Waals surface area contributed by atoms with Gasteiger partial charge < -0.3 is 10.0 Å². The van der Waals surface area contributed by atoms with Crippen LogP contribution in [0.2, 0.25) is 0 Å². The van der Waals surface area contributed by atoms with Crippen molar-refractivity contribution in [2.45, 2.75) is 33.2 Å². The quantitative estimate of drug-likeness (QED) is 0.846. The van der Waals surface area contributed by atoms with E-state index in [0.717, 1.165) is 0 Å². The number of likely N-dealkylation sites (N-methyl/N-ethyl adjacent to an activating group) is 1. The monoisotopic (exact) mass is 221 g/mol. The molecule has 3 nitrogen and oxygen atoms in total. The molecule has 1 N–H and O–H groups in total. The number of hydrogen-bond acceptors (Lipinski definition) is 2. The summed E-state index contributed by atoms with van der Waals surface area (Å²) in [5, 5.41) is 9.58. The van der Waals surface area contributed by atoms with Crippen LogP contribution in [0.1, 0.15) is 26.3 Å². The van der Waals surface area contributed by atoms with E-state index in [1.807, 2.05) is 26.8 Å². The Kier molecular flexibility index (Phi) is 4.35. The first kappa shape index (κ1) is 12.6. The highest BCUT2D eigenvalue weighted by atomic mass is 16.3. The maximum atomic E-state index is 12.0. The van der Waals surface area contributed by atoms with Crippen LogP contribution in [-0.2, 0) is 11.2 Å². The van der Waals surface area contributed by atoms with Gasteiger partial charge in [0.15, 0.2) is 0 Å². The summed E-state index contributed by atoms with van der Waals surface area (Å²) in [6.45, 7) is 6.64. The number of amides is 1. The van der Waals surface area contributed by atoms with Crippen LogP contribution >= 0.6 is 0 Å². The predicted octanol–water partition coefficient (Wildman–Crippen LogP) is 2.19. The molecule has 1 aromatic rings. The summed E-state index contributed by atoms with van der Waals surface area (Å²) < 4.78 is 0. The Morgan fingerprint density at radius 3 is 2.50 bits per heavy atom. The van der Waals surface area contributed by atoms with Crippen molar-refractivity contribution in [3.8, 4) is 5.75 Å². The maximum absolute atomic E-state index is 12.0. The minimum atomic E-state index is 0.0546. The van der Waals surface area contributed by atoms with E-state index in [9.17, 15) is 9.90 Å². The molecule has 0 fully saturated rings. The number of nitrogens with zero attached hydrogens (tertiary/aromatic N) is 1. The zero-order valence-electron chi connectivity index (χ0n) is 10.1. The molecule has 0 aliphatic rings. The normalized spacial score (nSPS) is 10.5. The molecule has 88 valence electrons. The summed E-state index contributed by atoms with van der Waals surface area (Å²) >= 11 is 0. The summed E-state index contributed by atoms with van der Waals surface area (Å²) in [6, 6.07) is 7.16. The van der Waals surface area contributed by atoms with Crippen molar-refractivity contribution in [1.82, 2.24) is 4.90 Å². The molecule has 0 spiro atoms. The van der Waals surface area contributed by atoms with Crippen molar-refractivity contribution >= 4 is 5.91 Å². The Labute approximate surface area is 96.7 Å². The molecule has 16 heavy (non-hydrogen) atoms. The number of carbonyl (C=O) groups is 1. The number of carbonyl (C=O) groups excluding carboxylic acids is 1. The maximum Gasteiger partial charge on any atom is 0.227 e. The fraction of sp³-hybridized carbons (Fsp3) is 0.462. The second-order valence-corrected chi connectivity index (χ2v) is 4.08. The third-order valence-electron chi connectivity index (χ3n) is 2.62. The molecule has 0 radical (unpaired) electrons. The topological polar surface area (TPSA) is 40.5 Å². The van der Waals surface area contributed by atoms with Crippen LogP contribution in [0.4, 0.5) is 0 Å². The second kappa shape index (κ2) is 5.54. The molecule has 0 atom stereocenters. The molecule has 0 bridgehead atoms. The van der Waals surface area contributed by atoms with Crippen LogP contribution in [0.25, 0.3) is 0 Å². The van der Waals surface area contributed by atoms with Gasteiger partial charge in [0.05, 0.1) is 6.42 Å². The van der Waals surface area contributed by atoms with Crippen LogP contribution < -0.4 is 0 Å². The molecule has 0 heterocycles. The second-order valence-electron chi connectivity index (χ2n) is 4.08. The molecule has 1 aromatic carbocycles. The minimum Gasteiger partial charge on any atom is -0.508 e. The standard InChI is InChI=1S/C13H19NO2/c1-4-14(10(2)3)13(16)9-11-7-5-6-8-12(11)15/h5-8,10,15H,4,9H2,1-3H3. The average Bonchev–Trinajstić information content (AvgIpc) is 2.22. The summed E-state index contributed by atoms with van der Waals surface area (Å²) in [5.74, 6) is 0.245. The van der Waals surface area contributed by atoms with E-state index < -0.39 is 0 Å². The SMILES string of the molecule is CCN(C(=O)Cc1ccccc1O)C(C)C. The van der Waals surface area contributed by atoms with Crippen molar-refractivity contribution in [2.75, 3.05) is 6.54 Å². The molecule has 0 aliphatic heterocycles. The van der Waals surface area contributed by atoms with E-state index in [4.69, 9.17) is 0 Å². The first-order valence-electron chi connectivity index (χ1n) is 5.62. The smallest absolute Gasteiger partial charge is 0.227 e. The van der Waals surface area contributed by atoms with Crippen molar-refractivity contribution < 1.29 is 9.90 Å². The molecular formula is C13H19NO2. The molecule has 0 saturated heterocycles. The van der Waals surface area contributed by atoms with E-state index in [1.165, 1.54) is 0 Å². The van der Waals surface area contributed by atoms with E-state index in [1.54, 1.807) is 23.1 Å². The highest BCUT2D eigenvalue weighted by molar-refractivity contribution is 5.79. The highest BCUT2D eigenvalue weighted by Gasteiger charge is 2.16. The Morgan fingerprint density at radius 1 is 1.38 bits per heavy atom. The van der Waals surface area contributed by atoms with Crippen molar-refractivity contribution in [1.29, 1.82) is 0 Å². The van der Waals surface area contributed by atoms with Crippen LogP contribution in [-0.4, -0.2) is 28.5 Å². The average molecular weight is 221 g/mol. The molecule has 0 unspecified atom stereocenters. The fourth-order valence-electron chi connectivity index (χ4n) is 1.75. The minimum absolute atomic E-state index is 0.0546. The lowest BCUT2D eigenvalue weighted by atomic mass is 10.1. The van der Waals surface area contributed by atoms with Gasteiger partial charge >= 0.3 is 0 Å². The molecule has 0 saturated carbocycles. The molecule has 1 amide bonds. The fourth-order valence-corrected chi connectivity index (χ4v) is 1.75. The summed E-state index contributed by atoms with van der Waals surface area (Å²) in [6.07, 6.45) is 0.263. The largest absolute Gasteiger partial charge is 0.508 e. The van der Waals surface area contributed by atoms with Crippen molar-refractivity contribution in [2.24, 2.45) is 0 Å². The summed E-state index contributed by atoms with van der Waals surface area (Å²) in [4.78, 5) is 13.8. The number of para-hydroxylation sites is 1. The first-order chi connectivity index (χ1) is 7.56. The number of hydrogen-bond donors (Lipinski definition) is 1. The third-order valence-corrected chi connectivity index (χ3v) is 2.62.